The van der Waals surface area contributed by atoms with Crippen molar-refractivity contribution in [3.05, 3.63) is 58.5 Å². The van der Waals surface area contributed by atoms with E-state index in [1.165, 1.54) is 0 Å². The first-order valence-electron chi connectivity index (χ1n) is 8.60. The maximum Gasteiger partial charge on any atom is 0.328 e. The second-order valence-corrected chi connectivity index (χ2v) is 6.42. The molecular weight excluding hydrogens is 330 g/mol. The van der Waals surface area contributed by atoms with E-state index in [-0.39, 0.29) is 11.6 Å². The summed E-state index contributed by atoms with van der Waals surface area (Å²) in [4.78, 5) is 24.6. The number of anilines is 1. The van der Waals surface area contributed by atoms with Crippen molar-refractivity contribution in [2.75, 3.05) is 5.32 Å². The summed E-state index contributed by atoms with van der Waals surface area (Å²) in [6.07, 6.45) is -0.0432. The average molecular weight is 353 g/mol. The summed E-state index contributed by atoms with van der Waals surface area (Å²) < 4.78 is 8.98. The highest BCUT2D eigenvalue weighted by atomic mass is 16.5. The largest absolute Gasteiger partial charge is 0.481 e. The van der Waals surface area contributed by atoms with Gasteiger partial charge >= 0.3 is 5.69 Å². The molecule has 1 heterocycles. The molecule has 0 saturated heterocycles. The topological polar surface area (TPSA) is 65.3 Å². The number of carbonyl (C=O) groups is 1. The van der Waals surface area contributed by atoms with Crippen molar-refractivity contribution in [2.24, 2.45) is 14.1 Å². The second-order valence-electron chi connectivity index (χ2n) is 6.42. The zero-order chi connectivity index (χ0) is 18.8. The lowest BCUT2D eigenvalue weighted by molar-refractivity contribution is -0.122. The number of nitrogens with zero attached hydrogens (tertiary/aromatic N) is 2. The van der Waals surface area contributed by atoms with Gasteiger partial charge in [0.1, 0.15) is 5.75 Å². The second kappa shape index (κ2) is 7.07. The van der Waals surface area contributed by atoms with E-state index in [0.29, 0.717) is 17.9 Å². The molecule has 0 aliphatic heterocycles. The molecule has 1 atom stereocenters. The molecule has 136 valence electrons. The predicted molar refractivity (Wildman–Crippen MR) is 103 cm³/mol. The Bertz CT molecular complexity index is 1020. The average Bonchev–Trinajstić information content (AvgIpc) is 2.84. The van der Waals surface area contributed by atoms with E-state index in [0.717, 1.165) is 16.6 Å². The van der Waals surface area contributed by atoms with E-state index in [2.05, 4.69) is 5.32 Å². The van der Waals surface area contributed by atoms with E-state index in [4.69, 9.17) is 4.74 Å². The standard InChI is InChI=1S/C20H23N3O3/c1-5-18(26-15-8-6-7-13(2)11-15)19(24)21-14-9-10-16-17(12-14)23(4)20(25)22(16)3/h6-12,18H,5H2,1-4H3,(H,21,24)/t18-/m0/s1. The number of fused-ring (bicyclic) bond motifs is 1. The molecule has 6 nitrogen and oxygen atoms in total. The Hall–Kier alpha value is -3.02. The summed E-state index contributed by atoms with van der Waals surface area (Å²) >= 11 is 0. The molecule has 0 radical (unpaired) electrons. The van der Waals surface area contributed by atoms with E-state index >= 15 is 0 Å². The van der Waals surface area contributed by atoms with Gasteiger partial charge in [-0.25, -0.2) is 4.79 Å². The Morgan fingerprint density at radius 3 is 2.54 bits per heavy atom. The summed E-state index contributed by atoms with van der Waals surface area (Å²) in [5, 5.41) is 2.89. The number of carbonyl (C=O) groups excluding carboxylic acids is 1. The number of rotatable bonds is 5. The first-order chi connectivity index (χ1) is 12.4. The molecule has 3 aromatic rings. The van der Waals surface area contributed by atoms with Crippen LogP contribution in [0.15, 0.2) is 47.3 Å². The van der Waals surface area contributed by atoms with Crippen LogP contribution in [0.5, 0.6) is 5.75 Å². The van der Waals surface area contributed by atoms with E-state index < -0.39 is 6.10 Å². The van der Waals surface area contributed by atoms with Crippen LogP contribution in [0.25, 0.3) is 11.0 Å². The van der Waals surface area contributed by atoms with Gasteiger partial charge in [0.05, 0.1) is 11.0 Å². The van der Waals surface area contributed by atoms with Crippen molar-refractivity contribution < 1.29 is 9.53 Å². The van der Waals surface area contributed by atoms with Crippen molar-refractivity contribution in [3.63, 3.8) is 0 Å². The maximum absolute atomic E-state index is 12.6. The predicted octanol–water partition coefficient (Wildman–Crippen LogP) is 2.98. The molecule has 26 heavy (non-hydrogen) atoms. The van der Waals surface area contributed by atoms with Crippen LogP contribution in [0.3, 0.4) is 0 Å². The Morgan fingerprint density at radius 2 is 1.85 bits per heavy atom. The number of imidazole rings is 1. The Morgan fingerprint density at radius 1 is 1.12 bits per heavy atom. The van der Waals surface area contributed by atoms with Gasteiger partial charge in [-0.1, -0.05) is 19.1 Å². The monoisotopic (exact) mass is 353 g/mol. The van der Waals surface area contributed by atoms with Gasteiger partial charge in [0, 0.05) is 19.8 Å². The number of hydrogen-bond acceptors (Lipinski definition) is 3. The van der Waals surface area contributed by atoms with Gasteiger partial charge in [-0.05, 0) is 49.2 Å². The zero-order valence-electron chi connectivity index (χ0n) is 15.4. The molecule has 2 aromatic carbocycles. The number of ether oxygens (including phenoxy) is 1. The number of aromatic nitrogens is 2. The van der Waals surface area contributed by atoms with Crippen molar-refractivity contribution in [2.45, 2.75) is 26.4 Å². The number of benzene rings is 2. The van der Waals surface area contributed by atoms with Crippen LogP contribution >= 0.6 is 0 Å². The fourth-order valence-electron chi connectivity index (χ4n) is 2.98. The van der Waals surface area contributed by atoms with Gasteiger partial charge in [-0.2, -0.15) is 0 Å². The lowest BCUT2D eigenvalue weighted by Gasteiger charge is -2.17. The molecule has 0 unspecified atom stereocenters. The van der Waals surface area contributed by atoms with Crippen molar-refractivity contribution >= 4 is 22.6 Å². The van der Waals surface area contributed by atoms with Crippen molar-refractivity contribution in [1.29, 1.82) is 0 Å². The molecule has 0 saturated carbocycles. The zero-order valence-corrected chi connectivity index (χ0v) is 15.4. The lowest BCUT2D eigenvalue weighted by atomic mass is 10.2. The molecule has 3 rings (SSSR count). The summed E-state index contributed by atoms with van der Waals surface area (Å²) in [5.74, 6) is 0.460. The molecule has 1 N–H and O–H groups in total. The van der Waals surface area contributed by atoms with Gasteiger partial charge < -0.3 is 10.1 Å². The quantitative estimate of drug-likeness (QED) is 0.767. The van der Waals surface area contributed by atoms with Gasteiger partial charge in [0.15, 0.2) is 6.10 Å². The van der Waals surface area contributed by atoms with Gasteiger partial charge in [-0.3, -0.25) is 13.9 Å². The Kier molecular flexibility index (Phi) is 4.84. The van der Waals surface area contributed by atoms with Crippen LogP contribution in [0.2, 0.25) is 0 Å². The number of aryl methyl sites for hydroxylation is 3. The molecule has 1 aromatic heterocycles. The first kappa shape index (κ1) is 17.8. The number of amides is 1. The van der Waals surface area contributed by atoms with Gasteiger partial charge in [0.25, 0.3) is 5.91 Å². The van der Waals surface area contributed by atoms with Gasteiger partial charge in [-0.15, -0.1) is 0 Å². The fourth-order valence-corrected chi connectivity index (χ4v) is 2.98. The SMILES string of the molecule is CC[C@H](Oc1cccc(C)c1)C(=O)Nc1ccc2c(c1)n(C)c(=O)n2C. The summed E-state index contributed by atoms with van der Waals surface area (Å²) in [7, 11) is 3.44. The van der Waals surface area contributed by atoms with Crippen LogP contribution in [0.4, 0.5) is 5.69 Å². The highest BCUT2D eigenvalue weighted by molar-refractivity contribution is 5.96. The van der Waals surface area contributed by atoms with Crippen molar-refractivity contribution in [1.82, 2.24) is 9.13 Å². The molecule has 6 heteroatoms. The highest BCUT2D eigenvalue weighted by Gasteiger charge is 2.19. The van der Waals surface area contributed by atoms with E-state index in [9.17, 15) is 9.59 Å². The maximum atomic E-state index is 12.6. The van der Waals surface area contributed by atoms with Crippen LogP contribution in [0, 0.1) is 6.92 Å². The van der Waals surface area contributed by atoms with Gasteiger partial charge in [0.2, 0.25) is 0 Å². The summed E-state index contributed by atoms with van der Waals surface area (Å²) in [6, 6.07) is 13.0. The fraction of sp³-hybridized carbons (Fsp3) is 0.300. The third kappa shape index (κ3) is 3.35. The Labute approximate surface area is 152 Å². The third-order valence-electron chi connectivity index (χ3n) is 4.47. The lowest BCUT2D eigenvalue weighted by Crippen LogP contribution is -2.32. The number of nitrogens with one attached hydrogen (secondary N) is 1. The molecule has 0 spiro atoms. The minimum atomic E-state index is -0.591. The van der Waals surface area contributed by atoms with E-state index in [1.54, 1.807) is 35.4 Å². The summed E-state index contributed by atoms with van der Waals surface area (Å²) in [6.45, 7) is 3.89. The normalized spacial score (nSPS) is 12.2. The molecule has 0 fully saturated rings. The minimum absolute atomic E-state index is 0.0994. The van der Waals surface area contributed by atoms with Crippen LogP contribution in [-0.4, -0.2) is 21.1 Å². The smallest absolute Gasteiger partial charge is 0.328 e. The van der Waals surface area contributed by atoms with E-state index in [1.807, 2.05) is 44.2 Å². The molecule has 0 bridgehead atoms. The number of hydrogen-bond donors (Lipinski definition) is 1. The Balaban J connectivity index is 1.80. The minimum Gasteiger partial charge on any atom is -0.481 e. The molecule has 0 aliphatic carbocycles. The van der Waals surface area contributed by atoms with Crippen LogP contribution in [0.1, 0.15) is 18.9 Å². The molecular formula is C20H23N3O3. The first-order valence-corrected chi connectivity index (χ1v) is 8.60. The third-order valence-corrected chi connectivity index (χ3v) is 4.47. The van der Waals surface area contributed by atoms with Crippen LogP contribution in [-0.2, 0) is 18.9 Å². The highest BCUT2D eigenvalue weighted by Crippen LogP contribution is 2.20. The molecule has 0 aliphatic rings. The molecule has 1 amide bonds. The summed E-state index contributed by atoms with van der Waals surface area (Å²) in [5.41, 5.74) is 3.20. The van der Waals surface area contributed by atoms with Crippen molar-refractivity contribution in [3.8, 4) is 5.75 Å². The van der Waals surface area contributed by atoms with Crippen LogP contribution < -0.4 is 15.7 Å².